The predicted molar refractivity (Wildman–Crippen MR) is 214 cm³/mol. The number of amides is 2. The Bertz CT molecular complexity index is 1190. The lowest BCUT2D eigenvalue weighted by Crippen LogP contribution is -2.62. The summed E-state index contributed by atoms with van der Waals surface area (Å²) in [4.78, 5) is 37.2. The molecule has 5 saturated carbocycles. The standard InChI is InChI=1S/C44H80N4O6/c1-10-18-47(19-11-2)25-34(20-27(3)4)45-42(51)31-15-12-14-30(21-31)35-17-13-16-32(41(35)53-9)24-48-40(39(29(6)50)38(26-49)54-48)43(52)46-37-23-33-22-36(28(37)5)44(33,7)8/h27-41,49-50H,10-26H2,1-9H3,(H,45,51)(H,46,52)/t28-,29-,30?,31?,32?,33+,34+,35?,36-,37-,38-,39-,40-,41?/m0/s1. The summed E-state index contributed by atoms with van der Waals surface area (Å²) in [6.45, 7) is 21.0. The van der Waals surface area contributed by atoms with E-state index in [1.54, 1.807) is 12.0 Å². The van der Waals surface area contributed by atoms with Gasteiger partial charge >= 0.3 is 0 Å². The largest absolute Gasteiger partial charge is 0.394 e. The van der Waals surface area contributed by atoms with Crippen LogP contribution in [-0.2, 0) is 19.2 Å². The molecule has 0 aromatic carbocycles. The number of aliphatic hydroxyl groups excluding tert-OH is 2. The average molecular weight is 761 g/mol. The maximum Gasteiger partial charge on any atom is 0.240 e. The summed E-state index contributed by atoms with van der Waals surface area (Å²) < 4.78 is 6.38. The fraction of sp³-hybridized carbons (Fsp3) is 0.955. The lowest BCUT2D eigenvalue weighted by molar-refractivity contribution is -0.193. The zero-order chi connectivity index (χ0) is 39.3. The quantitative estimate of drug-likeness (QED) is 0.134. The van der Waals surface area contributed by atoms with Crippen molar-refractivity contribution in [1.82, 2.24) is 20.6 Å². The van der Waals surface area contributed by atoms with Gasteiger partial charge in [-0.3, -0.25) is 14.4 Å². The molecule has 1 heterocycles. The van der Waals surface area contributed by atoms with Crippen LogP contribution in [0, 0.1) is 58.7 Å². The number of hydrogen-bond acceptors (Lipinski definition) is 8. The van der Waals surface area contributed by atoms with E-state index in [1.165, 1.54) is 6.42 Å². The Labute approximate surface area is 328 Å². The molecule has 6 fully saturated rings. The lowest BCUT2D eigenvalue weighted by Gasteiger charge is -2.62. The molecule has 2 amide bonds. The van der Waals surface area contributed by atoms with Crippen molar-refractivity contribution in [2.24, 2.45) is 58.7 Å². The number of carbonyl (C=O) groups is 2. The summed E-state index contributed by atoms with van der Waals surface area (Å²) >= 11 is 0. The normalized spacial score (nSPS) is 37.9. The smallest absolute Gasteiger partial charge is 0.240 e. The molecule has 0 aromatic heterocycles. The molecule has 10 nitrogen and oxygen atoms in total. The van der Waals surface area contributed by atoms with Gasteiger partial charge in [0.05, 0.1) is 18.8 Å². The predicted octanol–water partition coefficient (Wildman–Crippen LogP) is 6.04. The van der Waals surface area contributed by atoms with Crippen LogP contribution in [0.15, 0.2) is 0 Å². The first-order valence-corrected chi connectivity index (χ1v) is 22.3. The Hall–Kier alpha value is -1.30. The topological polar surface area (TPSA) is 124 Å². The van der Waals surface area contributed by atoms with Crippen LogP contribution in [0.2, 0.25) is 0 Å². The Balaban J connectivity index is 1.25. The Kier molecular flexibility index (Phi) is 15.8. The van der Waals surface area contributed by atoms with Crippen molar-refractivity contribution in [2.75, 3.05) is 39.9 Å². The van der Waals surface area contributed by atoms with E-state index in [4.69, 9.17) is 9.57 Å². The molecule has 10 heteroatoms. The van der Waals surface area contributed by atoms with Crippen LogP contribution in [0.1, 0.15) is 132 Å². The zero-order valence-electron chi connectivity index (χ0n) is 35.6. The summed E-state index contributed by atoms with van der Waals surface area (Å²) in [5, 5.41) is 30.1. The number of nitrogens with one attached hydrogen (secondary N) is 2. The maximum atomic E-state index is 14.3. The molecule has 54 heavy (non-hydrogen) atoms. The number of fused-ring (bicyclic) bond motifs is 2. The summed E-state index contributed by atoms with van der Waals surface area (Å²) in [5.41, 5.74) is 0.322. The van der Waals surface area contributed by atoms with Crippen molar-refractivity contribution in [3.63, 3.8) is 0 Å². The van der Waals surface area contributed by atoms with E-state index in [-0.39, 0.29) is 48.4 Å². The molecule has 0 aromatic rings. The number of carbonyl (C=O) groups excluding carboxylic acids is 2. The highest BCUT2D eigenvalue weighted by Crippen LogP contribution is 2.61. The van der Waals surface area contributed by atoms with Crippen molar-refractivity contribution in [2.45, 2.75) is 169 Å². The first-order valence-electron chi connectivity index (χ1n) is 22.3. The average Bonchev–Trinajstić information content (AvgIpc) is 3.50. The molecule has 6 rings (SSSR count). The van der Waals surface area contributed by atoms with Crippen molar-refractivity contribution < 1.29 is 29.4 Å². The minimum absolute atomic E-state index is 0.0194. The molecule has 14 atom stereocenters. The molecule has 6 aliphatic rings. The first-order chi connectivity index (χ1) is 25.7. The third-order valence-corrected chi connectivity index (χ3v) is 15.1. The van der Waals surface area contributed by atoms with Crippen LogP contribution in [-0.4, -0.2) is 108 Å². The number of hydrogen-bond donors (Lipinski definition) is 4. The molecule has 1 aliphatic heterocycles. The fourth-order valence-corrected chi connectivity index (χ4v) is 12.3. The minimum Gasteiger partial charge on any atom is -0.394 e. The van der Waals surface area contributed by atoms with E-state index < -0.39 is 24.2 Å². The molecular weight excluding hydrogens is 681 g/mol. The van der Waals surface area contributed by atoms with Gasteiger partial charge in [-0.05, 0) is 119 Å². The highest BCUT2D eigenvalue weighted by atomic mass is 16.7. The van der Waals surface area contributed by atoms with E-state index in [0.717, 1.165) is 90.3 Å². The molecule has 2 bridgehead atoms. The van der Waals surface area contributed by atoms with Crippen molar-refractivity contribution >= 4 is 11.8 Å². The van der Waals surface area contributed by atoms with Gasteiger partial charge < -0.3 is 30.5 Å². The Morgan fingerprint density at radius 1 is 1.00 bits per heavy atom. The summed E-state index contributed by atoms with van der Waals surface area (Å²) in [6, 6.07) is -0.418. The Morgan fingerprint density at radius 3 is 2.30 bits per heavy atom. The second kappa shape index (κ2) is 19.4. The molecule has 1 saturated heterocycles. The van der Waals surface area contributed by atoms with Gasteiger partial charge in [-0.15, -0.1) is 0 Å². The number of aliphatic hydroxyl groups is 2. The number of rotatable bonds is 18. The summed E-state index contributed by atoms with van der Waals surface area (Å²) in [6.07, 6.45) is 11.1. The first kappa shape index (κ1) is 43.8. The molecular formula is C44H80N4O6. The van der Waals surface area contributed by atoms with Crippen LogP contribution in [0.3, 0.4) is 0 Å². The lowest BCUT2D eigenvalue weighted by atomic mass is 9.45. The van der Waals surface area contributed by atoms with E-state index in [1.807, 2.05) is 7.11 Å². The molecule has 312 valence electrons. The fourth-order valence-electron chi connectivity index (χ4n) is 12.3. The van der Waals surface area contributed by atoms with Gasteiger partial charge in [0.2, 0.25) is 11.8 Å². The van der Waals surface area contributed by atoms with E-state index in [2.05, 4.69) is 64.0 Å². The van der Waals surface area contributed by atoms with Crippen LogP contribution >= 0.6 is 0 Å². The van der Waals surface area contributed by atoms with Crippen molar-refractivity contribution in [1.29, 1.82) is 0 Å². The van der Waals surface area contributed by atoms with Crippen molar-refractivity contribution in [3.8, 4) is 0 Å². The highest BCUT2D eigenvalue weighted by Gasteiger charge is 2.58. The second-order valence-corrected chi connectivity index (χ2v) is 19.6. The summed E-state index contributed by atoms with van der Waals surface area (Å²) in [5.74, 6) is 2.61. The maximum absolute atomic E-state index is 14.3. The number of ether oxygens (including phenoxy) is 1. The third kappa shape index (κ3) is 9.86. The van der Waals surface area contributed by atoms with Gasteiger partial charge in [0.1, 0.15) is 12.1 Å². The van der Waals surface area contributed by atoms with E-state index in [0.29, 0.717) is 47.5 Å². The van der Waals surface area contributed by atoms with Crippen LogP contribution < -0.4 is 10.6 Å². The van der Waals surface area contributed by atoms with Crippen LogP contribution in [0.5, 0.6) is 0 Å². The molecule has 0 radical (unpaired) electrons. The van der Waals surface area contributed by atoms with E-state index >= 15 is 0 Å². The molecule has 5 unspecified atom stereocenters. The van der Waals surface area contributed by atoms with Gasteiger partial charge in [0, 0.05) is 50.0 Å². The van der Waals surface area contributed by atoms with Crippen LogP contribution in [0.4, 0.5) is 0 Å². The molecule has 4 N–H and O–H groups in total. The second-order valence-electron chi connectivity index (χ2n) is 19.6. The molecule has 0 spiro atoms. The van der Waals surface area contributed by atoms with Gasteiger partial charge in [-0.2, -0.15) is 5.06 Å². The number of methoxy groups -OCH3 is 1. The highest BCUT2D eigenvalue weighted by molar-refractivity contribution is 5.83. The molecule has 5 aliphatic carbocycles. The van der Waals surface area contributed by atoms with Crippen molar-refractivity contribution in [3.05, 3.63) is 0 Å². The van der Waals surface area contributed by atoms with E-state index in [9.17, 15) is 19.8 Å². The van der Waals surface area contributed by atoms with Gasteiger partial charge in [0.25, 0.3) is 0 Å². The zero-order valence-corrected chi connectivity index (χ0v) is 35.6. The van der Waals surface area contributed by atoms with Gasteiger partial charge in [0.15, 0.2) is 0 Å². The SMILES string of the molecule is CCCN(CCC)C[C@@H](CC(C)C)NC(=O)C1CCCC(C2CCCC(CN3O[C@@H](CO)[C@H]([C@H](C)O)[C@H]3C(=O)N[C@H]3C[C@H]4C[C@@H]([C@@H]3C)C4(C)C)C2OC)C1. The minimum atomic E-state index is -0.817. The van der Waals surface area contributed by atoms with Crippen LogP contribution in [0.25, 0.3) is 0 Å². The Morgan fingerprint density at radius 2 is 1.70 bits per heavy atom. The number of nitrogens with zero attached hydrogens (tertiary/aromatic N) is 2. The number of hydroxylamine groups is 2. The summed E-state index contributed by atoms with van der Waals surface area (Å²) in [7, 11) is 1.82. The van der Waals surface area contributed by atoms with Gasteiger partial charge in [-0.25, -0.2) is 0 Å². The third-order valence-electron chi connectivity index (χ3n) is 15.1. The van der Waals surface area contributed by atoms with Gasteiger partial charge in [-0.1, -0.05) is 67.7 Å². The monoisotopic (exact) mass is 761 g/mol.